The van der Waals surface area contributed by atoms with Gasteiger partial charge in [-0.05, 0) is 30.3 Å². The maximum absolute atomic E-state index is 8.58. The predicted molar refractivity (Wildman–Crippen MR) is 59.2 cm³/mol. The van der Waals surface area contributed by atoms with Gasteiger partial charge in [-0.15, -0.1) is 20.4 Å². The Bertz CT molecular complexity index is 530. The predicted octanol–water partition coefficient (Wildman–Crippen LogP) is 1.83. The van der Waals surface area contributed by atoms with Crippen molar-refractivity contribution in [2.45, 2.75) is 30.0 Å². The Kier molecular flexibility index (Phi) is 3.67. The van der Waals surface area contributed by atoms with Crippen molar-refractivity contribution < 1.29 is 4.42 Å². The Hall–Kier alpha value is -1.94. The molecule has 0 fully saturated rings. The van der Waals surface area contributed by atoms with E-state index in [0.717, 1.165) is 12.8 Å². The fourth-order valence-electron chi connectivity index (χ4n) is 1.12. The van der Waals surface area contributed by atoms with Crippen LogP contribution in [0.3, 0.4) is 0 Å². The molecule has 0 aromatic carbocycles. The first-order valence-corrected chi connectivity index (χ1v) is 5.87. The van der Waals surface area contributed by atoms with Gasteiger partial charge >= 0.3 is 0 Å². The van der Waals surface area contributed by atoms with Crippen LogP contribution >= 0.6 is 11.8 Å². The molecule has 86 valence electrons. The third-order valence-electron chi connectivity index (χ3n) is 1.86. The molecule has 0 aliphatic rings. The summed E-state index contributed by atoms with van der Waals surface area (Å²) in [4.78, 5) is 0. The number of aromatic nitrogens is 4. The van der Waals surface area contributed by atoms with Crippen molar-refractivity contribution >= 4 is 11.8 Å². The second kappa shape index (κ2) is 5.41. The zero-order valence-electron chi connectivity index (χ0n) is 9.12. The van der Waals surface area contributed by atoms with Crippen molar-refractivity contribution in [2.75, 3.05) is 0 Å². The lowest BCUT2D eigenvalue weighted by atomic mass is 10.3. The molecular weight excluding hydrogens is 238 g/mol. The number of rotatable bonds is 4. The fraction of sp³-hybridized carbons (Fsp3) is 0.300. The topological polar surface area (TPSA) is 88.5 Å². The Morgan fingerprint density at radius 1 is 1.29 bits per heavy atom. The van der Waals surface area contributed by atoms with E-state index >= 15 is 0 Å². The van der Waals surface area contributed by atoms with Crippen LogP contribution in [0, 0.1) is 11.3 Å². The lowest BCUT2D eigenvalue weighted by molar-refractivity contribution is 0.411. The van der Waals surface area contributed by atoms with Crippen molar-refractivity contribution in [3.05, 3.63) is 23.7 Å². The maximum Gasteiger partial charge on any atom is 0.283 e. The standard InChI is InChI=1S/C10H9N5OS/c1-2-3-8-13-15-10(16-8)17-9-5-4-7(6-11)12-14-9/h4-5H,2-3H2,1H3. The highest BCUT2D eigenvalue weighted by Gasteiger charge is 2.08. The van der Waals surface area contributed by atoms with Gasteiger partial charge in [-0.3, -0.25) is 0 Å². The minimum atomic E-state index is 0.284. The van der Waals surface area contributed by atoms with Crippen LogP contribution in [0.2, 0.25) is 0 Å². The monoisotopic (exact) mass is 247 g/mol. The van der Waals surface area contributed by atoms with Gasteiger partial charge in [0.1, 0.15) is 11.1 Å². The first-order chi connectivity index (χ1) is 8.31. The summed E-state index contributed by atoms with van der Waals surface area (Å²) < 4.78 is 5.39. The third kappa shape index (κ3) is 3.01. The summed E-state index contributed by atoms with van der Waals surface area (Å²) in [6.45, 7) is 2.04. The van der Waals surface area contributed by atoms with Crippen LogP contribution in [-0.2, 0) is 6.42 Å². The summed E-state index contributed by atoms with van der Waals surface area (Å²) >= 11 is 1.23. The number of hydrogen-bond acceptors (Lipinski definition) is 7. The third-order valence-corrected chi connectivity index (χ3v) is 2.63. The highest BCUT2D eigenvalue weighted by atomic mass is 32.2. The smallest absolute Gasteiger partial charge is 0.283 e. The molecule has 2 aromatic heterocycles. The zero-order valence-corrected chi connectivity index (χ0v) is 9.94. The number of hydrogen-bond donors (Lipinski definition) is 0. The van der Waals surface area contributed by atoms with Crippen LogP contribution in [0.4, 0.5) is 0 Å². The van der Waals surface area contributed by atoms with Crippen LogP contribution in [0.15, 0.2) is 26.8 Å². The zero-order chi connectivity index (χ0) is 12.1. The van der Waals surface area contributed by atoms with Crippen LogP contribution in [0.25, 0.3) is 0 Å². The molecule has 0 spiro atoms. The van der Waals surface area contributed by atoms with E-state index in [1.807, 2.05) is 13.0 Å². The molecule has 0 bridgehead atoms. The molecule has 0 aliphatic carbocycles. The number of aryl methyl sites for hydroxylation is 1. The van der Waals surface area contributed by atoms with Gasteiger partial charge < -0.3 is 4.42 Å². The van der Waals surface area contributed by atoms with Crippen molar-refractivity contribution in [1.29, 1.82) is 5.26 Å². The quantitative estimate of drug-likeness (QED) is 0.814. The van der Waals surface area contributed by atoms with Crippen LogP contribution in [0.1, 0.15) is 24.9 Å². The van der Waals surface area contributed by atoms with Crippen molar-refractivity contribution in [3.63, 3.8) is 0 Å². The molecular formula is C10H9N5OS. The van der Waals surface area contributed by atoms with Crippen molar-refractivity contribution in [2.24, 2.45) is 0 Å². The van der Waals surface area contributed by atoms with E-state index in [0.29, 0.717) is 16.1 Å². The molecule has 0 saturated carbocycles. The molecule has 6 nitrogen and oxygen atoms in total. The van der Waals surface area contributed by atoms with E-state index in [1.54, 1.807) is 12.1 Å². The second-order valence-electron chi connectivity index (χ2n) is 3.18. The lowest BCUT2D eigenvalue weighted by Gasteiger charge is -1.93. The van der Waals surface area contributed by atoms with E-state index in [2.05, 4.69) is 20.4 Å². The van der Waals surface area contributed by atoms with E-state index in [1.165, 1.54) is 11.8 Å². The van der Waals surface area contributed by atoms with Gasteiger partial charge in [-0.25, -0.2) is 0 Å². The summed E-state index contributed by atoms with van der Waals surface area (Å²) in [6, 6.07) is 5.19. The van der Waals surface area contributed by atoms with E-state index in [-0.39, 0.29) is 5.69 Å². The summed E-state index contributed by atoms with van der Waals surface area (Å²) in [6.07, 6.45) is 1.73. The molecule has 0 saturated heterocycles. The van der Waals surface area contributed by atoms with Gasteiger partial charge in [0.15, 0.2) is 5.69 Å². The van der Waals surface area contributed by atoms with Gasteiger partial charge in [0.25, 0.3) is 5.22 Å². The molecule has 17 heavy (non-hydrogen) atoms. The normalized spacial score (nSPS) is 10.1. The van der Waals surface area contributed by atoms with Crippen LogP contribution in [0.5, 0.6) is 0 Å². The maximum atomic E-state index is 8.58. The Morgan fingerprint density at radius 3 is 2.82 bits per heavy atom. The van der Waals surface area contributed by atoms with Gasteiger partial charge in [0.2, 0.25) is 5.89 Å². The summed E-state index contributed by atoms with van der Waals surface area (Å²) in [5.74, 6) is 0.622. The average Bonchev–Trinajstić information content (AvgIpc) is 2.78. The summed E-state index contributed by atoms with van der Waals surface area (Å²) in [5, 5.41) is 25.0. The lowest BCUT2D eigenvalue weighted by Crippen LogP contribution is -1.88. The van der Waals surface area contributed by atoms with Crippen molar-refractivity contribution in [1.82, 2.24) is 20.4 Å². The second-order valence-corrected chi connectivity index (χ2v) is 4.15. The van der Waals surface area contributed by atoms with Gasteiger partial charge in [0, 0.05) is 6.42 Å². The first kappa shape index (κ1) is 11.5. The van der Waals surface area contributed by atoms with Crippen LogP contribution < -0.4 is 0 Å². The van der Waals surface area contributed by atoms with Gasteiger partial charge in [0.05, 0.1) is 0 Å². The highest BCUT2D eigenvalue weighted by Crippen LogP contribution is 2.24. The van der Waals surface area contributed by atoms with Crippen LogP contribution in [-0.4, -0.2) is 20.4 Å². The highest BCUT2D eigenvalue weighted by molar-refractivity contribution is 7.99. The number of nitrogens with zero attached hydrogens (tertiary/aromatic N) is 5. The minimum Gasteiger partial charge on any atom is -0.416 e. The SMILES string of the molecule is CCCc1nnc(Sc2ccc(C#N)nn2)o1. The molecule has 0 unspecified atom stereocenters. The van der Waals surface area contributed by atoms with Gasteiger partial charge in [-0.2, -0.15) is 5.26 Å². The summed E-state index contributed by atoms with van der Waals surface area (Å²) in [7, 11) is 0. The molecule has 0 amide bonds. The average molecular weight is 247 g/mol. The molecule has 2 heterocycles. The summed E-state index contributed by atoms with van der Waals surface area (Å²) in [5.41, 5.74) is 0.284. The van der Waals surface area contributed by atoms with E-state index in [4.69, 9.17) is 9.68 Å². The molecule has 2 aromatic rings. The molecule has 0 radical (unpaired) electrons. The van der Waals surface area contributed by atoms with E-state index in [9.17, 15) is 0 Å². The van der Waals surface area contributed by atoms with Crippen molar-refractivity contribution in [3.8, 4) is 6.07 Å². The molecule has 7 heteroatoms. The Labute approximate surface area is 102 Å². The van der Waals surface area contributed by atoms with Gasteiger partial charge in [-0.1, -0.05) is 6.92 Å². The molecule has 2 rings (SSSR count). The Morgan fingerprint density at radius 2 is 2.18 bits per heavy atom. The minimum absolute atomic E-state index is 0.284. The molecule has 0 N–H and O–H groups in total. The number of nitriles is 1. The Balaban J connectivity index is 2.06. The first-order valence-electron chi connectivity index (χ1n) is 5.06. The van der Waals surface area contributed by atoms with E-state index < -0.39 is 0 Å². The fourth-order valence-corrected chi connectivity index (χ4v) is 1.73. The molecule has 0 aliphatic heterocycles. The largest absolute Gasteiger partial charge is 0.416 e. The molecule has 0 atom stereocenters.